The lowest BCUT2D eigenvalue weighted by atomic mass is 10.2. The first-order valence-corrected chi connectivity index (χ1v) is 8.36. The molecular weight excluding hydrogens is 306 g/mol. The van der Waals surface area contributed by atoms with Crippen molar-refractivity contribution in [1.29, 1.82) is 0 Å². The summed E-state index contributed by atoms with van der Waals surface area (Å²) in [7, 11) is 0. The van der Waals surface area contributed by atoms with Gasteiger partial charge in [0.1, 0.15) is 0 Å². The lowest BCUT2D eigenvalue weighted by Gasteiger charge is -2.13. The van der Waals surface area contributed by atoms with Crippen LogP contribution >= 0.6 is 0 Å². The Bertz CT molecular complexity index is 709. The number of aliphatic hydroxyl groups is 1. The Morgan fingerprint density at radius 3 is 2.75 bits per heavy atom. The highest BCUT2D eigenvalue weighted by Gasteiger charge is 2.16. The minimum Gasteiger partial charge on any atom is -0.396 e. The number of nitrogens with zero attached hydrogens (tertiary/aromatic N) is 1. The van der Waals surface area contributed by atoms with Gasteiger partial charge in [0.15, 0.2) is 0 Å². The zero-order valence-electron chi connectivity index (χ0n) is 14.2. The number of nitrogens with one attached hydrogen (secondary N) is 2. The van der Waals surface area contributed by atoms with Crippen molar-refractivity contribution in [3.63, 3.8) is 0 Å². The molecule has 1 heterocycles. The minimum atomic E-state index is -0.682. The van der Waals surface area contributed by atoms with Crippen LogP contribution in [0.2, 0.25) is 0 Å². The van der Waals surface area contributed by atoms with Crippen molar-refractivity contribution >= 4 is 28.4 Å². The number of carbonyl (C=O) groups is 2. The van der Waals surface area contributed by atoms with E-state index in [9.17, 15) is 9.59 Å². The molecule has 1 atom stereocenters. The third kappa shape index (κ3) is 4.58. The first-order chi connectivity index (χ1) is 11.5. The zero-order chi connectivity index (χ0) is 17.5. The molecule has 1 unspecified atom stereocenters. The van der Waals surface area contributed by atoms with E-state index in [2.05, 4.69) is 22.1 Å². The molecule has 1 aromatic heterocycles. The van der Waals surface area contributed by atoms with E-state index in [0.717, 1.165) is 23.9 Å². The number of carbonyl (C=O) groups excluding carboxylic acids is 2. The predicted octanol–water partition coefficient (Wildman–Crippen LogP) is 2.27. The molecule has 0 saturated carbocycles. The quantitative estimate of drug-likeness (QED) is 0.681. The highest BCUT2D eigenvalue weighted by Crippen LogP contribution is 2.21. The number of rotatable bonds is 7. The molecule has 0 bridgehead atoms. The van der Waals surface area contributed by atoms with Gasteiger partial charge in [-0.05, 0) is 49.8 Å². The van der Waals surface area contributed by atoms with Crippen LogP contribution in [0.25, 0.3) is 10.9 Å². The summed E-state index contributed by atoms with van der Waals surface area (Å²) in [6, 6.07) is 7.48. The SMILES string of the molecule is CCCn1ccc2ccc(NC(=O)C(=O)NC(C)CCCO)cc21. The van der Waals surface area contributed by atoms with E-state index < -0.39 is 11.8 Å². The second-order valence-electron chi connectivity index (χ2n) is 5.98. The van der Waals surface area contributed by atoms with E-state index in [1.54, 1.807) is 6.07 Å². The van der Waals surface area contributed by atoms with Gasteiger partial charge in [0.25, 0.3) is 0 Å². The average molecular weight is 331 g/mol. The van der Waals surface area contributed by atoms with E-state index in [0.29, 0.717) is 18.5 Å². The molecule has 2 aromatic rings. The number of hydrogen-bond donors (Lipinski definition) is 3. The minimum absolute atomic E-state index is 0.0732. The molecule has 6 nitrogen and oxygen atoms in total. The van der Waals surface area contributed by atoms with Crippen molar-refractivity contribution in [2.24, 2.45) is 0 Å². The monoisotopic (exact) mass is 331 g/mol. The first-order valence-electron chi connectivity index (χ1n) is 8.36. The highest BCUT2D eigenvalue weighted by atomic mass is 16.3. The summed E-state index contributed by atoms with van der Waals surface area (Å²) < 4.78 is 2.13. The van der Waals surface area contributed by atoms with Crippen LogP contribution in [-0.2, 0) is 16.1 Å². The topological polar surface area (TPSA) is 83.4 Å². The fourth-order valence-corrected chi connectivity index (χ4v) is 2.64. The Morgan fingerprint density at radius 2 is 2.04 bits per heavy atom. The fraction of sp³-hybridized carbons (Fsp3) is 0.444. The lowest BCUT2D eigenvalue weighted by molar-refractivity contribution is -0.136. The normalized spacial score (nSPS) is 12.1. The second-order valence-corrected chi connectivity index (χ2v) is 5.98. The summed E-state index contributed by atoms with van der Waals surface area (Å²) in [6.07, 6.45) is 4.27. The first kappa shape index (κ1) is 18.0. The molecule has 1 aromatic carbocycles. The van der Waals surface area contributed by atoms with Gasteiger partial charge in [-0.3, -0.25) is 9.59 Å². The number of aryl methyl sites for hydroxylation is 1. The van der Waals surface area contributed by atoms with Gasteiger partial charge in [-0.1, -0.05) is 13.0 Å². The molecule has 24 heavy (non-hydrogen) atoms. The van der Waals surface area contributed by atoms with Crippen LogP contribution in [0.4, 0.5) is 5.69 Å². The standard InChI is InChI=1S/C18H25N3O3/c1-3-9-21-10-8-14-6-7-15(12-16(14)21)20-18(24)17(23)19-13(2)5-4-11-22/h6-8,10,12-13,22H,3-5,9,11H2,1-2H3,(H,19,23)(H,20,24). The van der Waals surface area contributed by atoms with Crippen molar-refractivity contribution in [1.82, 2.24) is 9.88 Å². The Kier molecular flexibility index (Phi) is 6.37. The molecule has 0 aliphatic carbocycles. The van der Waals surface area contributed by atoms with E-state index in [-0.39, 0.29) is 12.6 Å². The molecule has 0 fully saturated rings. The molecule has 6 heteroatoms. The van der Waals surface area contributed by atoms with Gasteiger partial charge >= 0.3 is 11.8 Å². The second kappa shape index (κ2) is 8.49. The van der Waals surface area contributed by atoms with Crippen LogP contribution in [0.3, 0.4) is 0 Å². The average Bonchev–Trinajstić information content (AvgIpc) is 2.95. The Labute approximate surface area is 141 Å². The maximum atomic E-state index is 12.0. The lowest BCUT2D eigenvalue weighted by Crippen LogP contribution is -2.40. The summed E-state index contributed by atoms with van der Waals surface area (Å²) in [6.45, 7) is 4.90. The molecular formula is C18H25N3O3. The Balaban J connectivity index is 2.01. The maximum Gasteiger partial charge on any atom is 0.313 e. The Hall–Kier alpha value is -2.34. The van der Waals surface area contributed by atoms with Gasteiger partial charge in [0.05, 0.1) is 5.52 Å². The van der Waals surface area contributed by atoms with E-state index in [1.165, 1.54) is 0 Å². The van der Waals surface area contributed by atoms with Crippen LogP contribution in [0, 0.1) is 0 Å². The number of aliphatic hydroxyl groups excluding tert-OH is 1. The molecule has 0 aliphatic heterocycles. The van der Waals surface area contributed by atoms with Crippen molar-refractivity contribution in [3.05, 3.63) is 30.5 Å². The molecule has 0 radical (unpaired) electrons. The summed E-state index contributed by atoms with van der Waals surface area (Å²) in [4.78, 5) is 23.9. The molecule has 3 N–H and O–H groups in total. The van der Waals surface area contributed by atoms with Crippen molar-refractivity contribution in [2.75, 3.05) is 11.9 Å². The largest absolute Gasteiger partial charge is 0.396 e. The van der Waals surface area contributed by atoms with Crippen molar-refractivity contribution in [3.8, 4) is 0 Å². The summed E-state index contributed by atoms with van der Waals surface area (Å²) in [5.41, 5.74) is 1.63. The van der Waals surface area contributed by atoms with Crippen LogP contribution in [0.1, 0.15) is 33.1 Å². The van der Waals surface area contributed by atoms with Gasteiger partial charge in [-0.25, -0.2) is 0 Å². The number of hydrogen-bond acceptors (Lipinski definition) is 3. The summed E-state index contributed by atoms with van der Waals surface area (Å²) in [5, 5.41) is 15.2. The molecule has 130 valence electrons. The Morgan fingerprint density at radius 1 is 1.25 bits per heavy atom. The van der Waals surface area contributed by atoms with Crippen LogP contribution in [-0.4, -0.2) is 34.1 Å². The van der Waals surface area contributed by atoms with E-state index in [1.807, 2.05) is 31.3 Å². The van der Waals surface area contributed by atoms with Crippen LogP contribution in [0.15, 0.2) is 30.5 Å². The van der Waals surface area contributed by atoms with Gasteiger partial charge in [-0.15, -0.1) is 0 Å². The zero-order valence-corrected chi connectivity index (χ0v) is 14.2. The van der Waals surface area contributed by atoms with Gasteiger partial charge in [0, 0.05) is 31.1 Å². The van der Waals surface area contributed by atoms with E-state index in [4.69, 9.17) is 5.11 Å². The van der Waals surface area contributed by atoms with Gasteiger partial charge < -0.3 is 20.3 Å². The molecule has 0 aliphatic rings. The summed E-state index contributed by atoms with van der Waals surface area (Å²) in [5.74, 6) is -1.34. The number of anilines is 1. The smallest absolute Gasteiger partial charge is 0.313 e. The van der Waals surface area contributed by atoms with Crippen molar-refractivity contribution < 1.29 is 14.7 Å². The fourth-order valence-electron chi connectivity index (χ4n) is 2.64. The molecule has 0 spiro atoms. The maximum absolute atomic E-state index is 12.0. The molecule has 0 saturated heterocycles. The molecule has 2 amide bonds. The third-order valence-electron chi connectivity index (χ3n) is 3.88. The number of aromatic nitrogens is 1. The van der Waals surface area contributed by atoms with Crippen molar-refractivity contribution in [2.45, 2.75) is 45.7 Å². The van der Waals surface area contributed by atoms with Gasteiger partial charge in [-0.2, -0.15) is 0 Å². The number of benzene rings is 1. The summed E-state index contributed by atoms with van der Waals surface area (Å²) >= 11 is 0. The predicted molar refractivity (Wildman–Crippen MR) is 94.8 cm³/mol. The van der Waals surface area contributed by atoms with Crippen LogP contribution < -0.4 is 10.6 Å². The molecule has 2 rings (SSSR count). The van der Waals surface area contributed by atoms with E-state index >= 15 is 0 Å². The van der Waals surface area contributed by atoms with Gasteiger partial charge in [0.2, 0.25) is 0 Å². The number of fused-ring (bicyclic) bond motifs is 1. The van der Waals surface area contributed by atoms with Crippen LogP contribution in [0.5, 0.6) is 0 Å². The number of amides is 2. The highest BCUT2D eigenvalue weighted by molar-refractivity contribution is 6.39. The third-order valence-corrected chi connectivity index (χ3v) is 3.88.